The van der Waals surface area contributed by atoms with Crippen molar-refractivity contribution in [2.45, 2.75) is 19.4 Å². The summed E-state index contributed by atoms with van der Waals surface area (Å²) in [6, 6.07) is 7.31. The van der Waals surface area contributed by atoms with E-state index < -0.39 is 0 Å². The van der Waals surface area contributed by atoms with Gasteiger partial charge < -0.3 is 21.1 Å². The molecule has 5 heteroatoms. The predicted octanol–water partition coefficient (Wildman–Crippen LogP) is 1.69. The topological polar surface area (TPSA) is 76.4 Å². The Bertz CT molecular complexity index is 369. The number of unbranched alkanes of at least 4 members (excludes halogenated alkanes) is 1. The van der Waals surface area contributed by atoms with E-state index >= 15 is 0 Å². The summed E-state index contributed by atoms with van der Waals surface area (Å²) in [6.45, 7) is 1.84. The molecule has 18 heavy (non-hydrogen) atoms. The summed E-state index contributed by atoms with van der Waals surface area (Å²) in [4.78, 5) is 11.6. The molecule has 1 rings (SSSR count). The minimum Gasteiger partial charge on any atom is -0.385 e. The largest absolute Gasteiger partial charge is 0.385 e. The summed E-state index contributed by atoms with van der Waals surface area (Å²) in [5, 5.41) is 5.56. The molecule has 0 heterocycles. The van der Waals surface area contributed by atoms with E-state index in [1.54, 1.807) is 7.11 Å². The molecule has 0 fully saturated rings. The fraction of sp³-hybridized carbons (Fsp3) is 0.462. The van der Waals surface area contributed by atoms with Gasteiger partial charge in [0.25, 0.3) is 0 Å². The van der Waals surface area contributed by atoms with E-state index in [2.05, 4.69) is 10.6 Å². The lowest BCUT2D eigenvalue weighted by Crippen LogP contribution is -2.29. The third-order valence-corrected chi connectivity index (χ3v) is 2.48. The Balaban J connectivity index is 2.26. The lowest BCUT2D eigenvalue weighted by Gasteiger charge is -2.08. The molecule has 0 aromatic heterocycles. The molecule has 1 aromatic carbocycles. The second-order valence-corrected chi connectivity index (χ2v) is 3.99. The molecule has 0 aliphatic heterocycles. The van der Waals surface area contributed by atoms with Gasteiger partial charge in [-0.15, -0.1) is 0 Å². The number of nitrogens with two attached hydrogens (primary N) is 1. The van der Waals surface area contributed by atoms with Crippen molar-refractivity contribution in [3.63, 3.8) is 0 Å². The van der Waals surface area contributed by atoms with Crippen LogP contribution in [-0.4, -0.2) is 26.3 Å². The molecule has 1 aromatic rings. The maximum atomic E-state index is 11.6. The zero-order valence-corrected chi connectivity index (χ0v) is 10.7. The highest BCUT2D eigenvalue weighted by Crippen LogP contribution is 2.09. The monoisotopic (exact) mass is 251 g/mol. The molecule has 100 valence electrons. The summed E-state index contributed by atoms with van der Waals surface area (Å²) < 4.78 is 4.93. The molecule has 0 bridgehead atoms. The van der Waals surface area contributed by atoms with E-state index in [9.17, 15) is 4.79 Å². The fourth-order valence-electron chi connectivity index (χ4n) is 1.52. The highest BCUT2D eigenvalue weighted by molar-refractivity contribution is 5.89. The molecule has 0 aliphatic carbocycles. The number of hydrogen-bond donors (Lipinski definition) is 3. The van der Waals surface area contributed by atoms with E-state index in [-0.39, 0.29) is 6.03 Å². The maximum absolute atomic E-state index is 11.6. The number of benzene rings is 1. The first kappa shape index (κ1) is 14.5. The van der Waals surface area contributed by atoms with Crippen LogP contribution >= 0.6 is 0 Å². The minimum atomic E-state index is -0.193. The standard InChI is InChI=1S/C13H21N3O2/c1-18-8-3-2-7-15-13(17)16-12-6-4-5-11(9-12)10-14/h4-6,9H,2-3,7-8,10,14H2,1H3,(H2,15,16,17). The number of carbonyl (C=O) groups is 1. The van der Waals surface area contributed by atoms with Crippen molar-refractivity contribution >= 4 is 11.7 Å². The number of carbonyl (C=O) groups excluding carboxylic acids is 1. The summed E-state index contributed by atoms with van der Waals surface area (Å²) in [7, 11) is 1.67. The van der Waals surface area contributed by atoms with Gasteiger partial charge in [-0.25, -0.2) is 4.79 Å². The maximum Gasteiger partial charge on any atom is 0.319 e. The molecular formula is C13H21N3O2. The molecule has 0 saturated heterocycles. The van der Waals surface area contributed by atoms with Crippen LogP contribution in [0.4, 0.5) is 10.5 Å². The first-order valence-electron chi connectivity index (χ1n) is 6.09. The van der Waals surface area contributed by atoms with E-state index in [0.717, 1.165) is 30.7 Å². The minimum absolute atomic E-state index is 0.193. The van der Waals surface area contributed by atoms with Crippen LogP contribution in [0.2, 0.25) is 0 Å². The van der Waals surface area contributed by atoms with E-state index in [1.807, 2.05) is 24.3 Å². The number of methoxy groups -OCH3 is 1. The number of nitrogens with one attached hydrogen (secondary N) is 2. The van der Waals surface area contributed by atoms with Gasteiger partial charge in [-0.2, -0.15) is 0 Å². The molecule has 0 aliphatic rings. The Morgan fingerprint density at radius 1 is 1.39 bits per heavy atom. The van der Waals surface area contributed by atoms with Crippen molar-refractivity contribution in [3.05, 3.63) is 29.8 Å². The van der Waals surface area contributed by atoms with Gasteiger partial charge in [0, 0.05) is 32.5 Å². The van der Waals surface area contributed by atoms with Gasteiger partial charge in [-0.3, -0.25) is 0 Å². The van der Waals surface area contributed by atoms with Crippen LogP contribution in [0.15, 0.2) is 24.3 Å². The van der Waals surface area contributed by atoms with Gasteiger partial charge in [-0.1, -0.05) is 12.1 Å². The molecule has 0 spiro atoms. The van der Waals surface area contributed by atoms with Crippen LogP contribution in [0.5, 0.6) is 0 Å². The number of hydrogen-bond acceptors (Lipinski definition) is 3. The van der Waals surface area contributed by atoms with Gasteiger partial charge >= 0.3 is 6.03 Å². The normalized spacial score (nSPS) is 10.1. The van der Waals surface area contributed by atoms with Gasteiger partial charge in [0.15, 0.2) is 0 Å². The van der Waals surface area contributed by atoms with Crippen LogP contribution in [-0.2, 0) is 11.3 Å². The van der Waals surface area contributed by atoms with Crippen molar-refractivity contribution in [1.29, 1.82) is 0 Å². The molecule has 0 unspecified atom stereocenters. The highest BCUT2D eigenvalue weighted by atomic mass is 16.5. The molecular weight excluding hydrogens is 230 g/mol. The third kappa shape index (κ3) is 5.65. The molecule has 0 saturated carbocycles. The second kappa shape index (κ2) is 8.49. The van der Waals surface area contributed by atoms with Crippen LogP contribution in [0.1, 0.15) is 18.4 Å². The molecule has 2 amide bonds. The zero-order chi connectivity index (χ0) is 13.2. The van der Waals surface area contributed by atoms with Crippen LogP contribution in [0, 0.1) is 0 Å². The van der Waals surface area contributed by atoms with Crippen molar-refractivity contribution in [1.82, 2.24) is 5.32 Å². The number of rotatable bonds is 7. The number of urea groups is 1. The van der Waals surface area contributed by atoms with Crippen molar-refractivity contribution in [2.24, 2.45) is 5.73 Å². The number of ether oxygens (including phenoxy) is 1. The van der Waals surface area contributed by atoms with Gasteiger partial charge in [0.1, 0.15) is 0 Å². The zero-order valence-electron chi connectivity index (χ0n) is 10.7. The quantitative estimate of drug-likeness (QED) is 0.645. The summed E-state index contributed by atoms with van der Waals surface area (Å²) in [6.07, 6.45) is 1.85. The molecule has 0 atom stereocenters. The van der Waals surface area contributed by atoms with Crippen LogP contribution in [0.25, 0.3) is 0 Å². The van der Waals surface area contributed by atoms with E-state index in [0.29, 0.717) is 13.1 Å². The lowest BCUT2D eigenvalue weighted by molar-refractivity contribution is 0.192. The van der Waals surface area contributed by atoms with Crippen molar-refractivity contribution in [3.8, 4) is 0 Å². The Kier molecular flexibility index (Phi) is 6.83. The predicted molar refractivity (Wildman–Crippen MR) is 72.5 cm³/mol. The van der Waals surface area contributed by atoms with E-state index in [4.69, 9.17) is 10.5 Å². The first-order valence-corrected chi connectivity index (χ1v) is 6.09. The van der Waals surface area contributed by atoms with Crippen LogP contribution < -0.4 is 16.4 Å². The first-order chi connectivity index (χ1) is 8.76. The average Bonchev–Trinajstić information content (AvgIpc) is 2.38. The van der Waals surface area contributed by atoms with Gasteiger partial charge in [0.05, 0.1) is 0 Å². The highest BCUT2D eigenvalue weighted by Gasteiger charge is 2.01. The second-order valence-electron chi connectivity index (χ2n) is 3.99. The van der Waals surface area contributed by atoms with E-state index in [1.165, 1.54) is 0 Å². The van der Waals surface area contributed by atoms with Crippen molar-refractivity contribution < 1.29 is 9.53 Å². The summed E-state index contributed by atoms with van der Waals surface area (Å²) >= 11 is 0. The fourth-order valence-corrected chi connectivity index (χ4v) is 1.52. The number of anilines is 1. The Morgan fingerprint density at radius 3 is 2.94 bits per heavy atom. The summed E-state index contributed by atoms with van der Waals surface area (Å²) in [5.41, 5.74) is 7.29. The average molecular weight is 251 g/mol. The number of amides is 2. The van der Waals surface area contributed by atoms with Crippen molar-refractivity contribution in [2.75, 3.05) is 25.6 Å². The Labute approximate surface area is 108 Å². The molecule has 4 N–H and O–H groups in total. The van der Waals surface area contributed by atoms with Gasteiger partial charge in [-0.05, 0) is 30.5 Å². The van der Waals surface area contributed by atoms with Gasteiger partial charge in [0.2, 0.25) is 0 Å². The smallest absolute Gasteiger partial charge is 0.319 e. The SMILES string of the molecule is COCCCCNC(=O)Nc1cccc(CN)c1. The summed E-state index contributed by atoms with van der Waals surface area (Å²) in [5.74, 6) is 0. The Hall–Kier alpha value is -1.59. The molecule has 5 nitrogen and oxygen atoms in total. The van der Waals surface area contributed by atoms with Crippen LogP contribution in [0.3, 0.4) is 0 Å². The Morgan fingerprint density at radius 2 is 2.22 bits per heavy atom. The lowest BCUT2D eigenvalue weighted by atomic mass is 10.2. The third-order valence-electron chi connectivity index (χ3n) is 2.48. The molecule has 0 radical (unpaired) electrons.